The third-order valence-electron chi connectivity index (χ3n) is 1.92. The highest BCUT2D eigenvalue weighted by atomic mass is 16.7. The zero-order chi connectivity index (χ0) is 12.1. The normalized spacial score (nSPS) is 21.7. The maximum Gasteiger partial charge on any atom is 0.335 e. The van der Waals surface area contributed by atoms with Gasteiger partial charge in [-0.05, 0) is 5.16 Å². The van der Waals surface area contributed by atoms with Gasteiger partial charge in [0.05, 0.1) is 12.8 Å². The molecule has 0 saturated carbocycles. The van der Waals surface area contributed by atoms with Crippen molar-refractivity contribution in [3.05, 3.63) is 0 Å². The summed E-state index contributed by atoms with van der Waals surface area (Å²) in [6.07, 6.45) is -0.00769. The van der Waals surface area contributed by atoms with Crippen molar-refractivity contribution in [2.45, 2.75) is 12.8 Å². The number of nitrogens with zero attached hydrogens (tertiary/aromatic N) is 3. The van der Waals surface area contributed by atoms with Crippen molar-refractivity contribution in [3.8, 4) is 0 Å². The predicted molar refractivity (Wildman–Crippen MR) is 55.2 cm³/mol. The van der Waals surface area contributed by atoms with E-state index < -0.39 is 11.9 Å². The van der Waals surface area contributed by atoms with Crippen LogP contribution in [0.3, 0.4) is 0 Å². The second kappa shape index (κ2) is 5.34. The Labute approximate surface area is 93.6 Å². The zero-order valence-electron chi connectivity index (χ0n) is 9.60. The third-order valence-corrected chi connectivity index (χ3v) is 1.92. The van der Waals surface area contributed by atoms with Gasteiger partial charge in [-0.15, -0.1) is 0 Å². The number of cyclic esters (lactones) is 1. The first-order valence-electron chi connectivity index (χ1n) is 4.82. The van der Waals surface area contributed by atoms with E-state index in [0.717, 1.165) is 0 Å². The lowest BCUT2D eigenvalue weighted by Gasteiger charge is -2.25. The van der Waals surface area contributed by atoms with Gasteiger partial charge in [-0.1, -0.05) is 0 Å². The lowest BCUT2D eigenvalue weighted by molar-refractivity contribution is -0.153. The Balaban J connectivity index is 2.81. The molecule has 1 rings (SSSR count). The summed E-state index contributed by atoms with van der Waals surface area (Å²) >= 11 is 0. The van der Waals surface area contributed by atoms with Crippen LogP contribution in [0.2, 0.25) is 0 Å². The molecule has 0 amide bonds. The number of esters is 1. The van der Waals surface area contributed by atoms with E-state index in [0.29, 0.717) is 5.96 Å². The van der Waals surface area contributed by atoms with Gasteiger partial charge in [0.1, 0.15) is 0 Å². The SMILES string of the molecule is CN(C)/C1=N\OC(=O)CCC(=O)OCN1C. The minimum Gasteiger partial charge on any atom is -0.444 e. The van der Waals surface area contributed by atoms with E-state index in [9.17, 15) is 9.59 Å². The van der Waals surface area contributed by atoms with Gasteiger partial charge < -0.3 is 19.4 Å². The molecule has 0 radical (unpaired) electrons. The fraction of sp³-hybridized carbons (Fsp3) is 0.667. The summed E-state index contributed by atoms with van der Waals surface area (Å²) in [5, 5.41) is 3.70. The molecular weight excluding hydrogens is 214 g/mol. The maximum atomic E-state index is 11.2. The summed E-state index contributed by atoms with van der Waals surface area (Å²) in [5.41, 5.74) is 0. The van der Waals surface area contributed by atoms with E-state index in [1.54, 1.807) is 30.9 Å². The van der Waals surface area contributed by atoms with E-state index in [1.165, 1.54) is 0 Å². The lowest BCUT2D eigenvalue weighted by atomic mass is 10.3. The van der Waals surface area contributed by atoms with Crippen LogP contribution in [0.25, 0.3) is 0 Å². The molecule has 0 fully saturated rings. The first-order chi connectivity index (χ1) is 7.50. The largest absolute Gasteiger partial charge is 0.444 e. The first-order valence-corrected chi connectivity index (χ1v) is 4.82. The molecule has 16 heavy (non-hydrogen) atoms. The molecule has 1 aliphatic rings. The second-order valence-electron chi connectivity index (χ2n) is 3.59. The monoisotopic (exact) mass is 229 g/mol. The number of guanidine groups is 1. The predicted octanol–water partition coefficient (Wildman–Crippen LogP) is -0.412. The van der Waals surface area contributed by atoms with Crippen molar-refractivity contribution in [1.29, 1.82) is 0 Å². The minimum atomic E-state index is -0.549. The fourth-order valence-corrected chi connectivity index (χ4v) is 1.13. The summed E-state index contributed by atoms with van der Waals surface area (Å²) in [6, 6.07) is 0. The molecule has 0 spiro atoms. The van der Waals surface area contributed by atoms with Crippen molar-refractivity contribution in [2.75, 3.05) is 27.9 Å². The van der Waals surface area contributed by atoms with Crippen LogP contribution < -0.4 is 0 Å². The van der Waals surface area contributed by atoms with E-state index >= 15 is 0 Å². The molecule has 7 heteroatoms. The molecule has 90 valence electrons. The Morgan fingerprint density at radius 2 is 1.88 bits per heavy atom. The van der Waals surface area contributed by atoms with E-state index in [4.69, 9.17) is 4.74 Å². The van der Waals surface area contributed by atoms with Gasteiger partial charge in [-0.3, -0.25) is 4.79 Å². The number of oxime groups is 1. The molecule has 0 N–H and O–H groups in total. The molecule has 0 atom stereocenters. The number of carbonyl (C=O) groups is 2. The Bertz CT molecular complexity index is 314. The van der Waals surface area contributed by atoms with Crippen molar-refractivity contribution in [3.63, 3.8) is 0 Å². The molecule has 1 heterocycles. The molecule has 1 aliphatic heterocycles. The van der Waals surface area contributed by atoms with Gasteiger partial charge in [0, 0.05) is 21.1 Å². The van der Waals surface area contributed by atoms with Crippen molar-refractivity contribution >= 4 is 17.9 Å². The highest BCUT2D eigenvalue weighted by molar-refractivity contribution is 5.82. The second-order valence-corrected chi connectivity index (χ2v) is 3.59. The van der Waals surface area contributed by atoms with Crippen molar-refractivity contribution in [2.24, 2.45) is 5.16 Å². The topological polar surface area (TPSA) is 71.4 Å². The van der Waals surface area contributed by atoms with Crippen LogP contribution in [0, 0.1) is 0 Å². The van der Waals surface area contributed by atoms with Crippen LogP contribution in [0.15, 0.2) is 5.16 Å². The Morgan fingerprint density at radius 3 is 2.50 bits per heavy atom. The van der Waals surface area contributed by atoms with Crippen molar-refractivity contribution in [1.82, 2.24) is 9.80 Å². The van der Waals surface area contributed by atoms with Crippen LogP contribution in [0.4, 0.5) is 0 Å². The van der Waals surface area contributed by atoms with Crippen LogP contribution in [0.5, 0.6) is 0 Å². The number of hydrogen-bond donors (Lipinski definition) is 0. The maximum absolute atomic E-state index is 11.2. The van der Waals surface area contributed by atoms with Crippen LogP contribution in [-0.2, 0) is 19.2 Å². The highest BCUT2D eigenvalue weighted by Gasteiger charge is 2.17. The molecule has 0 aromatic carbocycles. The molecule has 0 bridgehead atoms. The average Bonchev–Trinajstić information content (AvgIpc) is 2.22. The highest BCUT2D eigenvalue weighted by Crippen LogP contribution is 2.02. The molecule has 7 nitrogen and oxygen atoms in total. The summed E-state index contributed by atoms with van der Waals surface area (Å²) in [6.45, 7) is 0.0768. The quantitative estimate of drug-likeness (QED) is 0.415. The summed E-state index contributed by atoms with van der Waals surface area (Å²) in [5.74, 6) is -0.571. The van der Waals surface area contributed by atoms with Gasteiger partial charge in [-0.25, -0.2) is 4.79 Å². The van der Waals surface area contributed by atoms with Gasteiger partial charge >= 0.3 is 11.9 Å². The first kappa shape index (κ1) is 12.3. The number of rotatable bonds is 0. The van der Waals surface area contributed by atoms with Crippen LogP contribution in [-0.4, -0.2) is 55.6 Å². The summed E-state index contributed by atoms with van der Waals surface area (Å²) < 4.78 is 4.93. The molecular formula is C9H15N3O4. The number of hydrogen-bond acceptors (Lipinski definition) is 7. The molecule has 0 saturated heterocycles. The van der Waals surface area contributed by atoms with Crippen molar-refractivity contribution < 1.29 is 19.2 Å². The van der Waals surface area contributed by atoms with Crippen LogP contribution >= 0.6 is 0 Å². The van der Waals surface area contributed by atoms with Gasteiger partial charge in [-0.2, -0.15) is 0 Å². The number of ether oxygens (including phenoxy) is 1. The number of carbonyl (C=O) groups excluding carboxylic acids is 2. The standard InChI is InChI=1S/C9H15N3O4/c1-11(2)9-10-16-8(14)5-4-7(13)15-6-12(9)3/h4-6H2,1-3H3/b10-9+. The molecule has 0 aromatic rings. The molecule has 0 aromatic heterocycles. The third kappa shape index (κ3) is 3.41. The van der Waals surface area contributed by atoms with Gasteiger partial charge in [0.25, 0.3) is 0 Å². The van der Waals surface area contributed by atoms with Crippen LogP contribution in [0.1, 0.15) is 12.8 Å². The lowest BCUT2D eigenvalue weighted by Crippen LogP contribution is -2.40. The van der Waals surface area contributed by atoms with E-state index in [-0.39, 0.29) is 19.6 Å². The summed E-state index contributed by atoms with van der Waals surface area (Å²) in [4.78, 5) is 30.2. The fourth-order valence-electron chi connectivity index (χ4n) is 1.13. The minimum absolute atomic E-state index is 0.0134. The smallest absolute Gasteiger partial charge is 0.335 e. The molecule has 0 aliphatic carbocycles. The summed E-state index contributed by atoms with van der Waals surface area (Å²) in [7, 11) is 5.18. The Morgan fingerprint density at radius 1 is 1.25 bits per heavy atom. The molecule has 0 unspecified atom stereocenters. The average molecular weight is 229 g/mol. The Kier molecular flexibility index (Phi) is 4.10. The van der Waals surface area contributed by atoms with Gasteiger partial charge in [0.15, 0.2) is 6.73 Å². The zero-order valence-corrected chi connectivity index (χ0v) is 9.60. The van der Waals surface area contributed by atoms with E-state index in [1.807, 2.05) is 0 Å². The van der Waals surface area contributed by atoms with Gasteiger partial charge in [0.2, 0.25) is 5.96 Å². The Hall–Kier alpha value is -1.79. The van der Waals surface area contributed by atoms with E-state index in [2.05, 4.69) is 9.99 Å².